The predicted molar refractivity (Wildman–Crippen MR) is 138 cm³/mol. The number of aromatic nitrogens is 4. The van der Waals surface area contributed by atoms with Crippen LogP contribution in [-0.4, -0.2) is 36.0 Å². The third-order valence-corrected chi connectivity index (χ3v) is 5.90. The van der Waals surface area contributed by atoms with Crippen LogP contribution in [0.15, 0.2) is 71.7 Å². The normalized spacial score (nSPS) is 11.7. The van der Waals surface area contributed by atoms with Crippen molar-refractivity contribution in [3.63, 3.8) is 0 Å². The van der Waals surface area contributed by atoms with Crippen LogP contribution in [-0.2, 0) is 6.42 Å². The van der Waals surface area contributed by atoms with Gasteiger partial charge < -0.3 is 19.2 Å². The lowest BCUT2D eigenvalue weighted by Crippen LogP contribution is -2.19. The average molecular weight is 500 g/mol. The molecular formula is C28H26FN5O3. The Bertz CT molecular complexity index is 1600. The highest BCUT2D eigenvalue weighted by Crippen LogP contribution is 2.31. The predicted octanol–water partition coefficient (Wildman–Crippen LogP) is 5.45. The van der Waals surface area contributed by atoms with Crippen molar-refractivity contribution in [1.29, 1.82) is 0 Å². The fraction of sp³-hybridized carbons (Fsp3) is 0.214. The van der Waals surface area contributed by atoms with Crippen LogP contribution in [0.3, 0.4) is 0 Å². The molecule has 0 saturated heterocycles. The molecular weight excluding hydrogens is 473 g/mol. The van der Waals surface area contributed by atoms with E-state index in [1.54, 1.807) is 54.9 Å². The minimum absolute atomic E-state index is 0.103. The van der Waals surface area contributed by atoms with E-state index in [1.165, 1.54) is 18.4 Å². The van der Waals surface area contributed by atoms with Gasteiger partial charge in [-0.1, -0.05) is 12.1 Å². The van der Waals surface area contributed by atoms with E-state index >= 15 is 0 Å². The van der Waals surface area contributed by atoms with Gasteiger partial charge in [0, 0.05) is 35.4 Å². The zero-order valence-corrected chi connectivity index (χ0v) is 20.7. The molecule has 5 rings (SSSR count). The zero-order chi connectivity index (χ0) is 26.2. The number of amides is 1. The number of imidazole rings is 1. The fourth-order valence-corrected chi connectivity index (χ4v) is 4.01. The van der Waals surface area contributed by atoms with Crippen molar-refractivity contribution < 1.29 is 18.7 Å². The zero-order valence-electron chi connectivity index (χ0n) is 20.7. The molecule has 1 amide bonds. The van der Waals surface area contributed by atoms with E-state index in [4.69, 9.17) is 4.42 Å². The van der Waals surface area contributed by atoms with Crippen LogP contribution in [0.2, 0.25) is 0 Å². The molecule has 0 bridgehead atoms. The number of nitrogens with zero attached hydrogens (tertiary/aromatic N) is 4. The molecule has 0 aliphatic heterocycles. The molecule has 0 aliphatic rings. The smallest absolute Gasteiger partial charge is 0.277 e. The first-order valence-electron chi connectivity index (χ1n) is 11.8. The molecule has 188 valence electrons. The highest BCUT2D eigenvalue weighted by atomic mass is 19.1. The van der Waals surface area contributed by atoms with Crippen molar-refractivity contribution in [2.45, 2.75) is 39.2 Å². The Morgan fingerprint density at radius 1 is 1.14 bits per heavy atom. The van der Waals surface area contributed by atoms with Gasteiger partial charge >= 0.3 is 0 Å². The topological polar surface area (TPSA) is 106 Å². The number of aliphatic hydroxyl groups is 1. The number of fused-ring (bicyclic) bond motifs is 1. The quantitative estimate of drug-likeness (QED) is 0.308. The summed E-state index contributed by atoms with van der Waals surface area (Å²) in [6.45, 7) is 5.36. The first kappa shape index (κ1) is 24.3. The summed E-state index contributed by atoms with van der Waals surface area (Å²) < 4.78 is 21.4. The Hall–Kier alpha value is -4.37. The first-order valence-corrected chi connectivity index (χ1v) is 11.8. The molecule has 37 heavy (non-hydrogen) atoms. The van der Waals surface area contributed by atoms with E-state index in [1.807, 2.05) is 19.2 Å². The monoisotopic (exact) mass is 499 g/mol. The van der Waals surface area contributed by atoms with Gasteiger partial charge in [0.2, 0.25) is 5.89 Å². The van der Waals surface area contributed by atoms with Crippen molar-refractivity contribution in [2.24, 2.45) is 0 Å². The van der Waals surface area contributed by atoms with Gasteiger partial charge in [-0.2, -0.15) is 0 Å². The van der Waals surface area contributed by atoms with Gasteiger partial charge in [-0.15, -0.1) is 0 Å². The lowest BCUT2D eigenvalue weighted by molar-refractivity contribution is 0.0711. The molecule has 5 aromatic rings. The van der Waals surface area contributed by atoms with Gasteiger partial charge in [0.15, 0.2) is 5.69 Å². The van der Waals surface area contributed by atoms with E-state index < -0.39 is 17.3 Å². The van der Waals surface area contributed by atoms with Crippen LogP contribution >= 0.6 is 0 Å². The van der Waals surface area contributed by atoms with Crippen LogP contribution < -0.4 is 5.32 Å². The van der Waals surface area contributed by atoms with Crippen molar-refractivity contribution in [1.82, 2.24) is 19.4 Å². The second-order valence-electron chi connectivity index (χ2n) is 9.60. The summed E-state index contributed by atoms with van der Waals surface area (Å²) in [6.07, 6.45) is 7.66. The van der Waals surface area contributed by atoms with Crippen molar-refractivity contribution in [3.8, 4) is 22.6 Å². The van der Waals surface area contributed by atoms with Gasteiger partial charge in [0.25, 0.3) is 5.91 Å². The molecule has 0 radical (unpaired) electrons. The summed E-state index contributed by atoms with van der Waals surface area (Å²) in [7, 11) is 0. The Kier molecular flexibility index (Phi) is 6.31. The van der Waals surface area contributed by atoms with E-state index in [0.29, 0.717) is 46.8 Å². The second kappa shape index (κ2) is 9.59. The molecule has 0 spiro atoms. The van der Waals surface area contributed by atoms with Gasteiger partial charge in [0.05, 0.1) is 17.0 Å². The Labute approximate surface area is 212 Å². The highest BCUT2D eigenvalue weighted by molar-refractivity contribution is 6.05. The van der Waals surface area contributed by atoms with Gasteiger partial charge in [-0.3, -0.25) is 9.78 Å². The minimum atomic E-state index is -0.812. The number of hydrogen-bond donors (Lipinski definition) is 2. The first-order chi connectivity index (χ1) is 17.6. The highest BCUT2D eigenvalue weighted by Gasteiger charge is 2.19. The van der Waals surface area contributed by atoms with Gasteiger partial charge in [0.1, 0.15) is 17.7 Å². The third kappa shape index (κ3) is 5.57. The number of benzene rings is 1. The molecule has 4 heterocycles. The molecule has 8 nitrogen and oxygen atoms in total. The lowest BCUT2D eigenvalue weighted by Gasteiger charge is -2.15. The molecule has 1 aromatic carbocycles. The van der Waals surface area contributed by atoms with Gasteiger partial charge in [-0.25, -0.2) is 14.4 Å². The molecule has 0 atom stereocenters. The van der Waals surface area contributed by atoms with Crippen LogP contribution in [0.1, 0.15) is 42.1 Å². The number of anilines is 1. The number of carbonyl (C=O) groups excluding carboxylic acids is 1. The minimum Gasteiger partial charge on any atom is -0.444 e. The maximum atomic E-state index is 14.1. The molecule has 0 unspecified atom stereocenters. The molecule has 4 aromatic heterocycles. The second-order valence-corrected chi connectivity index (χ2v) is 9.60. The summed E-state index contributed by atoms with van der Waals surface area (Å²) in [4.78, 5) is 26.3. The van der Waals surface area contributed by atoms with E-state index in [2.05, 4.69) is 20.3 Å². The van der Waals surface area contributed by atoms with Crippen molar-refractivity contribution >= 4 is 17.2 Å². The summed E-state index contributed by atoms with van der Waals surface area (Å²) in [5.74, 6) is -0.555. The van der Waals surface area contributed by atoms with E-state index in [-0.39, 0.29) is 5.69 Å². The number of hydrogen-bond acceptors (Lipinski definition) is 6. The lowest BCUT2D eigenvalue weighted by atomic mass is 10.0. The summed E-state index contributed by atoms with van der Waals surface area (Å²) in [5, 5.41) is 13.0. The van der Waals surface area contributed by atoms with Crippen LogP contribution in [0, 0.1) is 12.7 Å². The van der Waals surface area contributed by atoms with E-state index in [9.17, 15) is 14.3 Å². The van der Waals surface area contributed by atoms with Crippen molar-refractivity contribution in [2.75, 3.05) is 5.32 Å². The van der Waals surface area contributed by atoms with Crippen LogP contribution in [0.25, 0.3) is 28.2 Å². The Balaban J connectivity index is 1.49. The third-order valence-electron chi connectivity index (χ3n) is 5.90. The molecule has 2 N–H and O–H groups in total. The molecule has 0 saturated carbocycles. The number of rotatable bonds is 7. The van der Waals surface area contributed by atoms with Gasteiger partial charge in [-0.05, 0) is 69.5 Å². The number of nitrogens with one attached hydrogen (secondary N) is 1. The Morgan fingerprint density at radius 3 is 2.73 bits per heavy atom. The van der Waals surface area contributed by atoms with E-state index in [0.717, 1.165) is 11.4 Å². The maximum absolute atomic E-state index is 14.1. The number of pyridine rings is 2. The maximum Gasteiger partial charge on any atom is 0.277 e. The van der Waals surface area contributed by atoms with Crippen molar-refractivity contribution in [3.05, 3.63) is 90.2 Å². The molecule has 0 fully saturated rings. The average Bonchev–Trinajstić information content (AvgIpc) is 3.49. The number of halogens is 1. The largest absolute Gasteiger partial charge is 0.444 e. The Morgan fingerprint density at radius 2 is 1.97 bits per heavy atom. The van der Waals surface area contributed by atoms with Crippen LogP contribution in [0.5, 0.6) is 0 Å². The molecule has 0 aliphatic carbocycles. The fourth-order valence-electron chi connectivity index (χ4n) is 4.01. The number of oxazole rings is 1. The summed E-state index contributed by atoms with van der Waals surface area (Å²) in [5.41, 5.74) is 3.89. The number of aryl methyl sites for hydroxylation is 2. The standard InChI is InChI=1S/C28H26FN5O3/c1-17-11-19(8-10-30-17)27-33-24(16-37-27)26(35)32-23-15-34-14-21(7-9-28(2,3)36)31-25(34)13-22(23)18-5-4-6-20(29)12-18/h4-6,8,10-16,36H,7,9H2,1-3H3,(H,32,35). The van der Waals surface area contributed by atoms with Crippen LogP contribution in [0.4, 0.5) is 10.1 Å². The number of carbonyl (C=O) groups is 1. The summed E-state index contributed by atoms with van der Waals surface area (Å²) in [6, 6.07) is 11.5. The SMILES string of the molecule is Cc1cc(-c2nc(C(=O)Nc3cn4cc(CCC(C)(C)O)nc4cc3-c3cccc(F)c3)co2)ccn1. The summed E-state index contributed by atoms with van der Waals surface area (Å²) >= 11 is 0. The molecule has 9 heteroatoms.